The predicted molar refractivity (Wildman–Crippen MR) is 122 cm³/mol. The molecule has 1 saturated heterocycles. The van der Waals surface area contributed by atoms with E-state index in [9.17, 15) is 13.2 Å². The van der Waals surface area contributed by atoms with Crippen molar-refractivity contribution in [2.75, 3.05) is 44.3 Å². The topological polar surface area (TPSA) is 79.0 Å². The number of ether oxygens (including phenoxy) is 1. The maximum atomic E-state index is 13.0. The molecule has 0 spiro atoms. The highest BCUT2D eigenvalue weighted by molar-refractivity contribution is 7.89. The minimum absolute atomic E-state index is 0.172. The van der Waals surface area contributed by atoms with Crippen molar-refractivity contribution in [2.45, 2.75) is 32.2 Å². The van der Waals surface area contributed by atoms with E-state index in [0.29, 0.717) is 44.0 Å². The van der Waals surface area contributed by atoms with Crippen molar-refractivity contribution in [3.8, 4) is 0 Å². The molecule has 1 amide bonds. The zero-order valence-electron chi connectivity index (χ0n) is 18.4. The third-order valence-electron chi connectivity index (χ3n) is 5.56. The summed E-state index contributed by atoms with van der Waals surface area (Å²) in [6, 6.07) is 12.9. The van der Waals surface area contributed by atoms with Gasteiger partial charge in [-0.3, -0.25) is 4.79 Å². The summed E-state index contributed by atoms with van der Waals surface area (Å²) in [7, 11) is -3.67. The van der Waals surface area contributed by atoms with E-state index in [-0.39, 0.29) is 10.8 Å². The molecule has 2 aromatic rings. The number of hydrogen-bond acceptors (Lipinski definition) is 5. The Labute approximate surface area is 185 Å². The molecule has 1 fully saturated rings. The van der Waals surface area contributed by atoms with Crippen LogP contribution in [-0.2, 0) is 21.3 Å². The van der Waals surface area contributed by atoms with Crippen LogP contribution in [0.1, 0.15) is 35.3 Å². The molecule has 0 aliphatic carbocycles. The highest BCUT2D eigenvalue weighted by Gasteiger charge is 2.28. The Morgan fingerprint density at radius 2 is 1.71 bits per heavy atom. The van der Waals surface area contributed by atoms with Gasteiger partial charge in [-0.2, -0.15) is 4.31 Å². The largest absolute Gasteiger partial charge is 0.379 e. The highest BCUT2D eigenvalue weighted by atomic mass is 32.2. The number of hydrogen-bond donors (Lipinski definition) is 1. The monoisotopic (exact) mass is 445 g/mol. The fourth-order valence-corrected chi connectivity index (χ4v) is 5.30. The van der Waals surface area contributed by atoms with Crippen molar-refractivity contribution in [2.24, 2.45) is 0 Å². The van der Waals surface area contributed by atoms with Crippen molar-refractivity contribution in [3.05, 3.63) is 59.2 Å². The Bertz CT molecular complexity index is 996. The second-order valence-electron chi connectivity index (χ2n) is 7.52. The van der Waals surface area contributed by atoms with Gasteiger partial charge in [0.15, 0.2) is 0 Å². The van der Waals surface area contributed by atoms with Crippen molar-refractivity contribution in [1.82, 2.24) is 9.62 Å². The van der Waals surface area contributed by atoms with Gasteiger partial charge in [0, 0.05) is 44.0 Å². The lowest BCUT2D eigenvalue weighted by atomic mass is 10.1. The number of morpholine rings is 1. The molecule has 1 aliphatic heterocycles. The second-order valence-corrected chi connectivity index (χ2v) is 9.42. The Morgan fingerprint density at radius 3 is 2.32 bits per heavy atom. The van der Waals surface area contributed by atoms with Crippen LogP contribution in [0.15, 0.2) is 47.4 Å². The Balaban J connectivity index is 1.70. The minimum Gasteiger partial charge on any atom is -0.379 e. The summed E-state index contributed by atoms with van der Waals surface area (Å²) >= 11 is 0. The minimum atomic E-state index is -3.67. The van der Waals surface area contributed by atoms with E-state index in [1.807, 2.05) is 24.3 Å². The molecule has 0 saturated carbocycles. The van der Waals surface area contributed by atoms with E-state index < -0.39 is 10.0 Å². The summed E-state index contributed by atoms with van der Waals surface area (Å²) in [5, 5.41) is 2.89. The normalized spacial score (nSPS) is 14.9. The molecular formula is C23H31N3O4S. The Hall–Kier alpha value is -2.42. The van der Waals surface area contributed by atoms with Crippen LogP contribution >= 0.6 is 0 Å². The van der Waals surface area contributed by atoms with Gasteiger partial charge in [0.2, 0.25) is 10.0 Å². The fourth-order valence-electron chi connectivity index (χ4n) is 3.64. The smallest absolute Gasteiger partial charge is 0.251 e. The first-order chi connectivity index (χ1) is 14.9. The summed E-state index contributed by atoms with van der Waals surface area (Å²) in [5.41, 5.74) is 3.08. The molecule has 1 aliphatic rings. The number of amides is 1. The Morgan fingerprint density at radius 1 is 1.06 bits per heavy atom. The SMILES string of the molecule is CCN(CC)c1ccc(CNC(=O)c2ccc(C)c(S(=O)(=O)N3CCOCC3)c2)cc1. The first kappa shape index (κ1) is 23.2. The number of carbonyl (C=O) groups excluding carboxylic acids is 1. The molecule has 0 aromatic heterocycles. The van der Waals surface area contributed by atoms with E-state index in [2.05, 4.69) is 24.1 Å². The molecular weight excluding hydrogens is 414 g/mol. The molecule has 0 unspecified atom stereocenters. The number of carbonyl (C=O) groups is 1. The number of anilines is 1. The van der Waals surface area contributed by atoms with Gasteiger partial charge in [0.25, 0.3) is 5.91 Å². The van der Waals surface area contributed by atoms with E-state index in [1.165, 1.54) is 10.4 Å². The number of rotatable bonds is 8. The summed E-state index contributed by atoms with van der Waals surface area (Å²) in [6.07, 6.45) is 0. The lowest BCUT2D eigenvalue weighted by molar-refractivity contribution is 0.0730. The standard InChI is InChI=1S/C23H31N3O4S/c1-4-25(5-2)21-10-7-19(8-11-21)17-24-23(27)20-9-6-18(3)22(16-20)31(28,29)26-12-14-30-15-13-26/h6-11,16H,4-5,12-15,17H2,1-3H3,(H,24,27). The molecule has 0 radical (unpaired) electrons. The van der Waals surface area contributed by atoms with E-state index in [0.717, 1.165) is 24.3 Å². The van der Waals surface area contributed by atoms with Gasteiger partial charge < -0.3 is 15.0 Å². The maximum Gasteiger partial charge on any atom is 0.251 e. The summed E-state index contributed by atoms with van der Waals surface area (Å²) in [6.45, 7) is 9.63. The van der Waals surface area contributed by atoms with Crippen LogP contribution in [0.5, 0.6) is 0 Å². The highest BCUT2D eigenvalue weighted by Crippen LogP contribution is 2.22. The first-order valence-electron chi connectivity index (χ1n) is 10.7. The lowest BCUT2D eigenvalue weighted by Gasteiger charge is -2.26. The number of nitrogens with one attached hydrogen (secondary N) is 1. The second kappa shape index (κ2) is 10.3. The molecule has 31 heavy (non-hydrogen) atoms. The van der Waals surface area contributed by atoms with Crippen LogP contribution in [0.25, 0.3) is 0 Å². The predicted octanol–water partition coefficient (Wildman–Crippen LogP) is 2.79. The summed E-state index contributed by atoms with van der Waals surface area (Å²) in [5.74, 6) is -0.300. The number of nitrogens with zero attached hydrogens (tertiary/aromatic N) is 2. The van der Waals surface area contributed by atoms with Gasteiger partial charge >= 0.3 is 0 Å². The zero-order chi connectivity index (χ0) is 22.4. The van der Waals surface area contributed by atoms with Crippen LogP contribution in [0, 0.1) is 6.92 Å². The van der Waals surface area contributed by atoms with Gasteiger partial charge in [0.05, 0.1) is 18.1 Å². The van der Waals surface area contributed by atoms with Gasteiger partial charge in [0.1, 0.15) is 0 Å². The van der Waals surface area contributed by atoms with Crippen molar-refractivity contribution < 1.29 is 17.9 Å². The Kier molecular flexibility index (Phi) is 7.69. The van der Waals surface area contributed by atoms with Crippen LogP contribution < -0.4 is 10.2 Å². The van der Waals surface area contributed by atoms with Crippen LogP contribution in [-0.4, -0.2) is 58.0 Å². The molecule has 2 aromatic carbocycles. The quantitative estimate of drug-likeness (QED) is 0.676. The van der Waals surface area contributed by atoms with Crippen LogP contribution in [0.3, 0.4) is 0 Å². The molecule has 8 heteroatoms. The average molecular weight is 446 g/mol. The third-order valence-corrected chi connectivity index (χ3v) is 7.60. The van der Waals surface area contributed by atoms with Gasteiger partial charge in [-0.25, -0.2) is 8.42 Å². The fraction of sp³-hybridized carbons (Fsp3) is 0.435. The van der Waals surface area contributed by atoms with Crippen molar-refractivity contribution >= 4 is 21.6 Å². The number of sulfonamides is 1. The van der Waals surface area contributed by atoms with E-state index in [1.54, 1.807) is 19.1 Å². The molecule has 7 nitrogen and oxygen atoms in total. The summed E-state index contributed by atoms with van der Waals surface area (Å²) < 4.78 is 32.7. The molecule has 0 bridgehead atoms. The average Bonchev–Trinajstić information content (AvgIpc) is 2.80. The number of benzene rings is 2. The van der Waals surface area contributed by atoms with Gasteiger partial charge in [-0.1, -0.05) is 18.2 Å². The number of aryl methyl sites for hydroxylation is 1. The molecule has 0 atom stereocenters. The summed E-state index contributed by atoms with van der Waals surface area (Å²) in [4.78, 5) is 15.1. The van der Waals surface area contributed by atoms with E-state index in [4.69, 9.17) is 4.74 Å². The molecule has 3 rings (SSSR count). The van der Waals surface area contributed by atoms with Crippen molar-refractivity contribution in [1.29, 1.82) is 0 Å². The van der Waals surface area contributed by atoms with Crippen LogP contribution in [0.2, 0.25) is 0 Å². The first-order valence-corrected chi connectivity index (χ1v) is 12.1. The van der Waals surface area contributed by atoms with Crippen molar-refractivity contribution in [3.63, 3.8) is 0 Å². The molecule has 1 heterocycles. The van der Waals surface area contributed by atoms with Gasteiger partial charge in [-0.15, -0.1) is 0 Å². The van der Waals surface area contributed by atoms with E-state index >= 15 is 0 Å². The molecule has 168 valence electrons. The lowest BCUT2D eigenvalue weighted by Crippen LogP contribution is -2.41. The molecule has 1 N–H and O–H groups in total. The zero-order valence-corrected chi connectivity index (χ0v) is 19.2. The van der Waals surface area contributed by atoms with Gasteiger partial charge in [-0.05, 0) is 56.2 Å². The van der Waals surface area contributed by atoms with Crippen LogP contribution in [0.4, 0.5) is 5.69 Å². The maximum absolute atomic E-state index is 13.0. The third kappa shape index (κ3) is 5.44.